The molecule has 1 N–H and O–H groups in total. The highest BCUT2D eigenvalue weighted by atomic mass is 35.5. The topological polar surface area (TPSA) is 62.6 Å². The van der Waals surface area contributed by atoms with E-state index in [1.807, 2.05) is 36.4 Å². The number of hydrogen-bond acceptors (Lipinski definition) is 3. The van der Waals surface area contributed by atoms with Crippen LogP contribution in [0.5, 0.6) is 0 Å². The number of furan rings is 1. The molecule has 0 atom stereocenters. The van der Waals surface area contributed by atoms with Crippen LogP contribution < -0.4 is 10.2 Å². The minimum atomic E-state index is -0.182. The van der Waals surface area contributed by atoms with E-state index in [1.165, 1.54) is 6.26 Å². The van der Waals surface area contributed by atoms with Crippen molar-refractivity contribution in [2.75, 3.05) is 16.8 Å². The fourth-order valence-electron chi connectivity index (χ4n) is 3.22. The van der Waals surface area contributed by atoms with Crippen molar-refractivity contribution in [3.8, 4) is 0 Å². The van der Waals surface area contributed by atoms with Crippen molar-refractivity contribution in [1.29, 1.82) is 0 Å². The van der Waals surface area contributed by atoms with E-state index in [-0.39, 0.29) is 18.2 Å². The first kappa shape index (κ1) is 17.4. The van der Waals surface area contributed by atoms with E-state index in [0.717, 1.165) is 23.2 Å². The smallest absolute Gasteiger partial charge is 0.293 e. The SMILES string of the molecule is O=C(Cc1ccccc1Cl)Nc1ccc2c(c1)N(C(=O)c1ccco1)CC2. The maximum Gasteiger partial charge on any atom is 0.293 e. The first-order valence-corrected chi connectivity index (χ1v) is 9.01. The van der Waals surface area contributed by atoms with Crippen LogP contribution in [0.15, 0.2) is 65.3 Å². The maximum atomic E-state index is 12.6. The van der Waals surface area contributed by atoms with Crippen LogP contribution in [0.1, 0.15) is 21.7 Å². The summed E-state index contributed by atoms with van der Waals surface area (Å²) in [5.74, 6) is -0.0424. The van der Waals surface area contributed by atoms with Crippen molar-refractivity contribution in [2.45, 2.75) is 12.8 Å². The van der Waals surface area contributed by atoms with Gasteiger partial charge in [-0.3, -0.25) is 9.59 Å². The van der Waals surface area contributed by atoms with Crippen LogP contribution in [0.2, 0.25) is 5.02 Å². The Kier molecular flexibility index (Phi) is 4.69. The normalized spacial score (nSPS) is 12.7. The molecule has 1 aliphatic rings. The van der Waals surface area contributed by atoms with Crippen LogP contribution in [0.3, 0.4) is 0 Å². The standard InChI is InChI=1S/C21H17ClN2O3/c22-17-5-2-1-4-15(17)12-20(25)23-16-8-7-14-9-10-24(18(14)13-16)21(26)19-6-3-11-27-19/h1-8,11,13H,9-10,12H2,(H,23,25). The summed E-state index contributed by atoms with van der Waals surface area (Å²) >= 11 is 6.12. The monoisotopic (exact) mass is 380 g/mol. The zero-order valence-electron chi connectivity index (χ0n) is 14.4. The highest BCUT2D eigenvalue weighted by molar-refractivity contribution is 6.31. The molecule has 0 unspecified atom stereocenters. The summed E-state index contributed by atoms with van der Waals surface area (Å²) in [6.45, 7) is 0.589. The molecule has 0 bridgehead atoms. The molecule has 0 saturated carbocycles. The molecule has 0 saturated heterocycles. The molecular weight excluding hydrogens is 364 g/mol. The third-order valence-electron chi connectivity index (χ3n) is 4.55. The van der Waals surface area contributed by atoms with E-state index in [2.05, 4.69) is 5.32 Å². The first-order chi connectivity index (χ1) is 13.1. The molecule has 3 aromatic rings. The number of nitrogens with zero attached hydrogens (tertiary/aromatic N) is 1. The average Bonchev–Trinajstić information content (AvgIpc) is 3.32. The van der Waals surface area contributed by atoms with Crippen molar-refractivity contribution in [2.24, 2.45) is 0 Å². The Morgan fingerprint density at radius 1 is 1.11 bits per heavy atom. The minimum absolute atomic E-state index is 0.162. The van der Waals surface area contributed by atoms with Gasteiger partial charge in [0, 0.05) is 22.9 Å². The van der Waals surface area contributed by atoms with Crippen LogP contribution in [0.25, 0.3) is 0 Å². The molecule has 4 rings (SSSR count). The van der Waals surface area contributed by atoms with Gasteiger partial charge in [-0.25, -0.2) is 0 Å². The Hall–Kier alpha value is -3.05. The molecule has 0 radical (unpaired) electrons. The Morgan fingerprint density at radius 3 is 2.74 bits per heavy atom. The van der Waals surface area contributed by atoms with Crippen LogP contribution in [-0.2, 0) is 17.6 Å². The van der Waals surface area contributed by atoms with Gasteiger partial charge in [-0.1, -0.05) is 35.9 Å². The summed E-state index contributed by atoms with van der Waals surface area (Å²) in [6.07, 6.45) is 2.44. The predicted molar refractivity (Wildman–Crippen MR) is 104 cm³/mol. The van der Waals surface area contributed by atoms with E-state index in [0.29, 0.717) is 23.0 Å². The van der Waals surface area contributed by atoms with Gasteiger partial charge in [0.15, 0.2) is 5.76 Å². The van der Waals surface area contributed by atoms with Gasteiger partial charge in [-0.2, -0.15) is 0 Å². The lowest BCUT2D eigenvalue weighted by molar-refractivity contribution is -0.115. The van der Waals surface area contributed by atoms with Crippen LogP contribution in [0, 0.1) is 0 Å². The lowest BCUT2D eigenvalue weighted by atomic mass is 10.1. The van der Waals surface area contributed by atoms with Crippen molar-refractivity contribution < 1.29 is 14.0 Å². The van der Waals surface area contributed by atoms with Crippen LogP contribution in [0.4, 0.5) is 11.4 Å². The van der Waals surface area contributed by atoms with E-state index in [9.17, 15) is 9.59 Å². The summed E-state index contributed by atoms with van der Waals surface area (Å²) in [4.78, 5) is 26.7. The van der Waals surface area contributed by atoms with E-state index < -0.39 is 0 Å². The van der Waals surface area contributed by atoms with Crippen molar-refractivity contribution >= 4 is 34.8 Å². The highest BCUT2D eigenvalue weighted by Crippen LogP contribution is 2.32. The second kappa shape index (κ2) is 7.29. The summed E-state index contributed by atoms with van der Waals surface area (Å²) in [5.41, 5.74) is 3.28. The summed E-state index contributed by atoms with van der Waals surface area (Å²) in [7, 11) is 0. The zero-order chi connectivity index (χ0) is 18.8. The number of anilines is 2. The molecule has 0 fully saturated rings. The van der Waals surface area contributed by atoms with Gasteiger partial charge in [0.1, 0.15) is 0 Å². The molecule has 1 aliphatic heterocycles. The number of rotatable bonds is 4. The Bertz CT molecular complexity index is 998. The van der Waals surface area contributed by atoms with Gasteiger partial charge in [0.25, 0.3) is 5.91 Å². The molecule has 0 aliphatic carbocycles. The Labute approximate surface area is 161 Å². The highest BCUT2D eigenvalue weighted by Gasteiger charge is 2.27. The third kappa shape index (κ3) is 3.59. The number of carbonyl (C=O) groups excluding carboxylic acids is 2. The molecule has 5 nitrogen and oxygen atoms in total. The number of fused-ring (bicyclic) bond motifs is 1. The van der Waals surface area contributed by atoms with Gasteiger partial charge in [-0.05, 0) is 47.9 Å². The summed E-state index contributed by atoms with van der Waals surface area (Å²) in [5, 5.41) is 3.45. The number of carbonyl (C=O) groups is 2. The quantitative estimate of drug-likeness (QED) is 0.733. The van der Waals surface area contributed by atoms with E-state index in [1.54, 1.807) is 23.1 Å². The van der Waals surface area contributed by atoms with Crippen molar-refractivity contribution in [1.82, 2.24) is 0 Å². The van der Waals surface area contributed by atoms with Crippen LogP contribution in [-0.4, -0.2) is 18.4 Å². The summed E-state index contributed by atoms with van der Waals surface area (Å²) in [6, 6.07) is 16.2. The van der Waals surface area contributed by atoms with Gasteiger partial charge < -0.3 is 14.6 Å². The number of halogens is 1. The second-order valence-corrected chi connectivity index (χ2v) is 6.75. The van der Waals surface area contributed by atoms with E-state index in [4.69, 9.17) is 16.0 Å². The number of hydrogen-bond donors (Lipinski definition) is 1. The fourth-order valence-corrected chi connectivity index (χ4v) is 3.42. The predicted octanol–water partition coefficient (Wildman–Crippen LogP) is 4.32. The zero-order valence-corrected chi connectivity index (χ0v) is 15.2. The molecule has 27 heavy (non-hydrogen) atoms. The summed E-state index contributed by atoms with van der Waals surface area (Å²) < 4.78 is 5.22. The van der Waals surface area contributed by atoms with Crippen molar-refractivity contribution in [3.05, 3.63) is 82.8 Å². The Morgan fingerprint density at radius 2 is 1.96 bits per heavy atom. The number of benzene rings is 2. The lowest BCUT2D eigenvalue weighted by Crippen LogP contribution is -2.28. The minimum Gasteiger partial charge on any atom is -0.459 e. The third-order valence-corrected chi connectivity index (χ3v) is 4.92. The molecule has 136 valence electrons. The van der Waals surface area contributed by atoms with Gasteiger partial charge in [0.2, 0.25) is 5.91 Å². The Balaban J connectivity index is 1.51. The fraction of sp³-hybridized carbons (Fsp3) is 0.143. The lowest BCUT2D eigenvalue weighted by Gasteiger charge is -2.17. The second-order valence-electron chi connectivity index (χ2n) is 6.34. The molecular formula is C21H17ClN2O3. The number of amides is 2. The first-order valence-electron chi connectivity index (χ1n) is 8.63. The maximum absolute atomic E-state index is 12.6. The average molecular weight is 381 g/mol. The molecule has 2 amide bonds. The van der Waals surface area contributed by atoms with E-state index >= 15 is 0 Å². The molecule has 1 aromatic heterocycles. The molecule has 2 heterocycles. The van der Waals surface area contributed by atoms with Gasteiger partial charge >= 0.3 is 0 Å². The largest absolute Gasteiger partial charge is 0.459 e. The molecule has 0 spiro atoms. The van der Waals surface area contributed by atoms with Gasteiger partial charge in [0.05, 0.1) is 12.7 Å². The van der Waals surface area contributed by atoms with Crippen molar-refractivity contribution in [3.63, 3.8) is 0 Å². The molecule has 2 aromatic carbocycles. The van der Waals surface area contributed by atoms with Gasteiger partial charge in [-0.15, -0.1) is 0 Å². The molecule has 6 heteroatoms. The van der Waals surface area contributed by atoms with Crippen LogP contribution >= 0.6 is 11.6 Å². The number of nitrogens with one attached hydrogen (secondary N) is 1.